The molecule has 3 N–H and O–H groups in total. The number of nitrogens with one attached hydrogen (secondary N) is 2. The van der Waals surface area contributed by atoms with Crippen LogP contribution in [0.1, 0.15) is 30.4 Å². The average molecular weight is 389 g/mol. The van der Waals surface area contributed by atoms with Gasteiger partial charge in [0.05, 0.1) is 17.8 Å². The van der Waals surface area contributed by atoms with Gasteiger partial charge in [0.1, 0.15) is 16.7 Å². The first-order valence-corrected chi connectivity index (χ1v) is 9.45. The van der Waals surface area contributed by atoms with Crippen molar-refractivity contribution in [2.24, 2.45) is 5.92 Å². The quantitative estimate of drug-likeness (QED) is 0.623. The van der Waals surface area contributed by atoms with Crippen molar-refractivity contribution in [2.45, 2.75) is 38.0 Å². The van der Waals surface area contributed by atoms with Gasteiger partial charge in [-0.3, -0.25) is 14.8 Å². The van der Waals surface area contributed by atoms with E-state index in [1.807, 2.05) is 6.92 Å². The molecule has 140 valence electrons. The summed E-state index contributed by atoms with van der Waals surface area (Å²) < 4.78 is 14.7. The summed E-state index contributed by atoms with van der Waals surface area (Å²) >= 11 is 1.30. The number of nitrogens with zero attached hydrogens (tertiary/aromatic N) is 3. The topological polar surface area (TPSA) is 115 Å². The number of likely N-dealkylation sites (tertiary alicyclic amines) is 1. The van der Waals surface area contributed by atoms with Crippen LogP contribution in [0.3, 0.4) is 0 Å². The molecule has 1 saturated heterocycles. The van der Waals surface area contributed by atoms with Gasteiger partial charge >= 0.3 is 6.09 Å². The Labute approximate surface area is 156 Å². The zero-order valence-electron chi connectivity index (χ0n) is 14.3. The number of aryl methyl sites for hydroxylation is 1. The monoisotopic (exact) mass is 389 g/mol. The summed E-state index contributed by atoms with van der Waals surface area (Å²) in [5, 5.41) is 16.4. The van der Waals surface area contributed by atoms with Crippen LogP contribution in [0.5, 0.6) is 0 Å². The highest BCUT2D eigenvalue weighted by Gasteiger charge is 2.55. The van der Waals surface area contributed by atoms with Gasteiger partial charge in [-0.25, -0.2) is 14.2 Å². The molecule has 2 bridgehead atoms. The Balaban J connectivity index is 1.63. The second-order valence-corrected chi connectivity index (χ2v) is 8.18. The fourth-order valence-corrected chi connectivity index (χ4v) is 5.48. The number of rotatable bonds is 2. The largest absolute Gasteiger partial charge is 0.465 e. The molecule has 8 nitrogen and oxygen atoms in total. The number of aromatic amines is 2. The van der Waals surface area contributed by atoms with E-state index in [4.69, 9.17) is 0 Å². The van der Waals surface area contributed by atoms with Crippen LogP contribution in [0, 0.1) is 12.8 Å². The number of fused-ring (bicyclic) bond motifs is 3. The number of amides is 1. The molecule has 4 atom stereocenters. The normalized spacial score (nSPS) is 27.0. The molecular weight excluding hydrogens is 373 g/mol. The first-order chi connectivity index (χ1) is 12.9. The molecule has 4 heterocycles. The maximum absolute atomic E-state index is 14.3. The first-order valence-electron chi connectivity index (χ1n) is 8.63. The summed E-state index contributed by atoms with van der Waals surface area (Å²) in [6.07, 6.45) is 0.168. The van der Waals surface area contributed by atoms with E-state index in [1.165, 1.54) is 16.2 Å². The van der Waals surface area contributed by atoms with Gasteiger partial charge in [-0.05, 0) is 25.8 Å². The van der Waals surface area contributed by atoms with Crippen molar-refractivity contribution in [1.82, 2.24) is 25.1 Å². The predicted molar refractivity (Wildman–Crippen MR) is 96.6 cm³/mol. The summed E-state index contributed by atoms with van der Waals surface area (Å²) in [5.74, 6) is -0.251. The maximum atomic E-state index is 14.3. The Morgan fingerprint density at radius 2 is 2.26 bits per heavy atom. The second-order valence-electron chi connectivity index (χ2n) is 7.12. The summed E-state index contributed by atoms with van der Waals surface area (Å²) in [6.45, 7) is 1.89. The van der Waals surface area contributed by atoms with Gasteiger partial charge in [0.2, 0.25) is 0 Å². The van der Waals surface area contributed by atoms with Crippen LogP contribution in [0.15, 0.2) is 17.1 Å². The molecule has 2 fully saturated rings. The molecule has 5 rings (SSSR count). The molecule has 0 spiro atoms. The molecule has 0 radical (unpaired) electrons. The second kappa shape index (κ2) is 5.62. The summed E-state index contributed by atoms with van der Waals surface area (Å²) in [5.41, 5.74) is 1.91. The molecule has 3 aromatic rings. The molecule has 10 heteroatoms. The lowest BCUT2D eigenvalue weighted by Gasteiger charge is -2.33. The zero-order chi connectivity index (χ0) is 18.9. The molecule has 1 amide bonds. The third-order valence-corrected chi connectivity index (χ3v) is 6.76. The van der Waals surface area contributed by atoms with E-state index in [9.17, 15) is 19.1 Å². The van der Waals surface area contributed by atoms with Crippen LogP contribution in [-0.4, -0.2) is 48.5 Å². The van der Waals surface area contributed by atoms with Crippen molar-refractivity contribution in [1.29, 1.82) is 0 Å². The molecule has 1 aliphatic heterocycles. The molecule has 1 saturated carbocycles. The number of hydrogen-bond acceptors (Lipinski definition) is 5. The van der Waals surface area contributed by atoms with Crippen LogP contribution >= 0.6 is 11.3 Å². The Kier molecular flexibility index (Phi) is 3.42. The minimum Gasteiger partial charge on any atom is -0.465 e. The van der Waals surface area contributed by atoms with Crippen molar-refractivity contribution in [2.75, 3.05) is 0 Å². The number of halogens is 1. The van der Waals surface area contributed by atoms with E-state index in [0.29, 0.717) is 16.6 Å². The molecule has 1 aliphatic carbocycles. The Morgan fingerprint density at radius 1 is 1.44 bits per heavy atom. The summed E-state index contributed by atoms with van der Waals surface area (Å²) in [4.78, 5) is 33.6. The predicted octanol–water partition coefficient (Wildman–Crippen LogP) is 2.83. The average Bonchev–Trinajstić information content (AvgIpc) is 3.35. The van der Waals surface area contributed by atoms with Crippen molar-refractivity contribution in [3.63, 3.8) is 0 Å². The summed E-state index contributed by atoms with van der Waals surface area (Å²) in [7, 11) is 0. The van der Waals surface area contributed by atoms with Gasteiger partial charge in [-0.1, -0.05) is 0 Å². The van der Waals surface area contributed by atoms with Crippen molar-refractivity contribution in [3.8, 4) is 10.4 Å². The smallest absolute Gasteiger partial charge is 0.408 e. The van der Waals surface area contributed by atoms with Gasteiger partial charge in [0.25, 0.3) is 5.56 Å². The third kappa shape index (κ3) is 2.32. The number of carbonyl (C=O) groups is 1. The Morgan fingerprint density at radius 3 is 2.96 bits per heavy atom. The van der Waals surface area contributed by atoms with E-state index in [1.54, 1.807) is 12.3 Å². The van der Waals surface area contributed by atoms with E-state index in [2.05, 4.69) is 20.2 Å². The SMILES string of the molecule is Cc1[nH]ncc1-c1cc2nc([C@@H]3[C@@H]4C[C@@H](C[C@@H]4F)N3C(=O)O)[nH]c(=O)c2s1. The molecule has 2 aliphatic rings. The highest BCUT2D eigenvalue weighted by atomic mass is 32.1. The molecule has 3 aromatic heterocycles. The number of carboxylic acid groups (broad SMARTS) is 1. The molecule has 0 aromatic carbocycles. The third-order valence-electron chi connectivity index (χ3n) is 5.60. The Bertz CT molecular complexity index is 1120. The fourth-order valence-electron chi connectivity index (χ4n) is 4.42. The van der Waals surface area contributed by atoms with Gasteiger partial charge < -0.3 is 10.1 Å². The van der Waals surface area contributed by atoms with E-state index >= 15 is 0 Å². The lowest BCUT2D eigenvalue weighted by molar-refractivity contribution is 0.0691. The minimum atomic E-state index is -1.11. The standard InChI is InChI=1S/C17H16FN5O3S/c1-6-9(5-19-22-6)12-4-11-14(27-12)16(24)21-15(20-11)13-8-2-7(3-10(8)18)23(13)17(25)26/h4-5,7-8,10,13H,2-3H2,1H3,(H,19,22)(H,25,26)(H,20,21,24)/t7-,8+,10-,13-/m0/s1. The lowest BCUT2D eigenvalue weighted by atomic mass is 9.96. The van der Waals surface area contributed by atoms with Gasteiger partial charge in [0, 0.05) is 28.1 Å². The molecule has 0 unspecified atom stereocenters. The van der Waals surface area contributed by atoms with E-state index < -0.39 is 24.2 Å². The van der Waals surface area contributed by atoms with Crippen molar-refractivity contribution >= 4 is 27.6 Å². The number of alkyl halides is 1. The van der Waals surface area contributed by atoms with Gasteiger partial charge in [0.15, 0.2) is 0 Å². The summed E-state index contributed by atoms with van der Waals surface area (Å²) in [6, 6.07) is 0.675. The number of thiophene rings is 1. The van der Waals surface area contributed by atoms with Crippen LogP contribution in [0.4, 0.5) is 9.18 Å². The van der Waals surface area contributed by atoms with Gasteiger partial charge in [-0.15, -0.1) is 11.3 Å². The fraction of sp³-hybridized carbons (Fsp3) is 0.412. The van der Waals surface area contributed by atoms with E-state index in [0.717, 1.165) is 16.1 Å². The molecular formula is C17H16FN5O3S. The van der Waals surface area contributed by atoms with Crippen molar-refractivity contribution < 1.29 is 14.3 Å². The highest BCUT2D eigenvalue weighted by molar-refractivity contribution is 7.22. The van der Waals surface area contributed by atoms with Crippen LogP contribution < -0.4 is 5.56 Å². The maximum Gasteiger partial charge on any atom is 0.408 e. The van der Waals surface area contributed by atoms with E-state index in [-0.39, 0.29) is 23.8 Å². The number of aromatic nitrogens is 4. The Hall–Kier alpha value is -2.75. The first kappa shape index (κ1) is 16.4. The van der Waals surface area contributed by atoms with Crippen LogP contribution in [0.2, 0.25) is 0 Å². The molecule has 27 heavy (non-hydrogen) atoms. The number of H-pyrrole nitrogens is 2. The van der Waals surface area contributed by atoms with Gasteiger partial charge in [-0.2, -0.15) is 5.10 Å². The van der Waals surface area contributed by atoms with Crippen LogP contribution in [-0.2, 0) is 0 Å². The number of hydrogen-bond donors (Lipinski definition) is 3. The van der Waals surface area contributed by atoms with Crippen LogP contribution in [0.25, 0.3) is 20.7 Å². The lowest BCUT2D eigenvalue weighted by Crippen LogP contribution is -2.43. The number of piperidine rings is 1. The minimum absolute atomic E-state index is 0.211. The zero-order valence-corrected chi connectivity index (χ0v) is 15.1. The highest BCUT2D eigenvalue weighted by Crippen LogP contribution is 2.50. The van der Waals surface area contributed by atoms with Crippen molar-refractivity contribution in [3.05, 3.63) is 34.1 Å².